The molecule has 14 nitrogen and oxygen atoms in total. The molecule has 0 aromatic heterocycles. The number of hydrogen-bond acceptors (Lipinski definition) is 10. The number of carboxylic acid groups (broad SMARTS) is 1. The summed E-state index contributed by atoms with van der Waals surface area (Å²) >= 11 is 0. The van der Waals surface area contributed by atoms with Crippen molar-refractivity contribution >= 4 is 17.8 Å². The van der Waals surface area contributed by atoms with Crippen molar-refractivity contribution in [2.45, 2.75) is 70.4 Å². The number of nitrogens with one attached hydrogen (secondary N) is 1. The monoisotopic (exact) mass is 437 g/mol. The van der Waals surface area contributed by atoms with E-state index < -0.39 is 40.2 Å². The zero-order chi connectivity index (χ0) is 22.9. The minimum Gasteiger partial charge on any atom is -0.480 e. The molecule has 0 heterocycles. The zero-order valence-corrected chi connectivity index (χ0v) is 16.6. The van der Waals surface area contributed by atoms with E-state index in [0.717, 1.165) is 0 Å². The van der Waals surface area contributed by atoms with E-state index in [4.69, 9.17) is 4.74 Å². The smallest absolute Gasteiger partial charge is 0.330 e. The molecule has 30 heavy (non-hydrogen) atoms. The average molecular weight is 437 g/mol. The fraction of sp³-hybridized carbons (Fsp3) is 0.812. The number of carbonyl (C=O) groups excluding carboxylic acids is 2. The summed E-state index contributed by atoms with van der Waals surface area (Å²) in [6, 6.07) is -1.42. The van der Waals surface area contributed by atoms with Gasteiger partial charge >= 0.3 is 11.9 Å². The molecular weight excluding hydrogens is 410 g/mol. The maximum Gasteiger partial charge on any atom is 0.330 e. The van der Waals surface area contributed by atoms with Crippen molar-refractivity contribution in [2.75, 3.05) is 13.2 Å². The summed E-state index contributed by atoms with van der Waals surface area (Å²) in [7, 11) is 0. The van der Waals surface area contributed by atoms with Crippen LogP contribution in [0.4, 0.5) is 0 Å². The number of amides is 1. The Kier molecular flexibility index (Phi) is 14.0. The summed E-state index contributed by atoms with van der Waals surface area (Å²) in [4.78, 5) is 63.3. The lowest BCUT2D eigenvalue weighted by atomic mass is 10.1. The molecule has 0 saturated carbocycles. The van der Waals surface area contributed by atoms with Gasteiger partial charge in [0, 0.05) is 12.8 Å². The van der Waals surface area contributed by atoms with Crippen LogP contribution in [0.2, 0.25) is 0 Å². The van der Waals surface area contributed by atoms with Crippen LogP contribution in [0.3, 0.4) is 0 Å². The second kappa shape index (κ2) is 15.7. The molecule has 0 bridgehead atoms. The normalized spacial score (nSPS) is 12.3. The average Bonchev–Trinajstić information content (AvgIpc) is 2.64. The molecule has 2 N–H and O–H groups in total. The third-order valence-corrected chi connectivity index (χ3v) is 3.84. The second-order valence-electron chi connectivity index (χ2n) is 6.31. The van der Waals surface area contributed by atoms with Crippen molar-refractivity contribution in [3.8, 4) is 0 Å². The highest BCUT2D eigenvalue weighted by Crippen LogP contribution is 2.08. The topological polar surface area (TPSA) is 197 Å². The molecule has 0 fully saturated rings. The number of rotatable bonds is 18. The van der Waals surface area contributed by atoms with Crippen molar-refractivity contribution in [3.63, 3.8) is 0 Å². The third kappa shape index (κ3) is 14.8. The maximum atomic E-state index is 11.9. The van der Waals surface area contributed by atoms with Gasteiger partial charge in [-0.3, -0.25) is 9.59 Å². The predicted molar refractivity (Wildman–Crippen MR) is 97.9 cm³/mol. The molecule has 14 heteroatoms. The highest BCUT2D eigenvalue weighted by atomic mass is 17.0. The Balaban J connectivity index is 4.14. The minimum absolute atomic E-state index is 0.00465. The lowest BCUT2D eigenvalue weighted by Crippen LogP contribution is -2.49. The van der Waals surface area contributed by atoms with Crippen LogP contribution in [0.25, 0.3) is 0 Å². The molecule has 172 valence electrons. The van der Waals surface area contributed by atoms with Crippen LogP contribution < -0.4 is 5.32 Å². The standard InChI is InChI=1S/C16H27N3O11/c1-12(30-14(21)9-5-3-7-11-29-19(26)27)15(16(22)23)17-13(20)8-4-2-6-10-28-18(24)25/h12,15H,2-11H2,1H3,(H,17,20)(H,22,23). The van der Waals surface area contributed by atoms with Gasteiger partial charge in [-0.2, -0.15) is 0 Å². The molecular formula is C16H27N3O11. The van der Waals surface area contributed by atoms with Crippen LogP contribution in [-0.2, 0) is 28.8 Å². The van der Waals surface area contributed by atoms with Crippen LogP contribution >= 0.6 is 0 Å². The highest BCUT2D eigenvalue weighted by Gasteiger charge is 2.29. The SMILES string of the molecule is CC(OC(=O)CCCCCO[N+](=O)[O-])C(NC(=O)CCCCCO[N+](=O)[O-])C(=O)O. The molecule has 0 radical (unpaired) electrons. The van der Waals surface area contributed by atoms with Crippen molar-refractivity contribution < 1.29 is 44.1 Å². The quantitative estimate of drug-likeness (QED) is 0.134. The zero-order valence-electron chi connectivity index (χ0n) is 16.6. The summed E-state index contributed by atoms with van der Waals surface area (Å²) in [6.45, 7) is 1.19. The van der Waals surface area contributed by atoms with Gasteiger partial charge in [0.2, 0.25) is 5.91 Å². The molecule has 1 amide bonds. The number of aliphatic carboxylic acids is 1. The summed E-state index contributed by atoms with van der Waals surface area (Å²) in [5, 5.41) is 29.7. The Bertz CT molecular complexity index is 585. The molecule has 0 aliphatic carbocycles. The third-order valence-electron chi connectivity index (χ3n) is 3.84. The number of carboxylic acids is 1. The minimum atomic E-state index is -1.42. The Labute approximate surface area is 172 Å². The second-order valence-corrected chi connectivity index (χ2v) is 6.31. The molecule has 0 saturated heterocycles. The van der Waals surface area contributed by atoms with E-state index in [1.165, 1.54) is 6.92 Å². The van der Waals surface area contributed by atoms with E-state index in [1.54, 1.807) is 0 Å². The van der Waals surface area contributed by atoms with E-state index in [-0.39, 0.29) is 26.1 Å². The number of ether oxygens (including phenoxy) is 1. The Hall–Kier alpha value is -3.19. The first-order valence-electron chi connectivity index (χ1n) is 9.39. The van der Waals surface area contributed by atoms with Crippen LogP contribution in [0.5, 0.6) is 0 Å². The van der Waals surface area contributed by atoms with Crippen LogP contribution in [-0.4, -0.2) is 58.5 Å². The van der Waals surface area contributed by atoms with Crippen LogP contribution in [0.1, 0.15) is 58.3 Å². The van der Waals surface area contributed by atoms with Crippen molar-refractivity contribution in [1.82, 2.24) is 5.32 Å². The lowest BCUT2D eigenvalue weighted by molar-refractivity contribution is -0.757. The molecule has 0 aliphatic rings. The number of nitrogens with zero attached hydrogens (tertiary/aromatic N) is 2. The van der Waals surface area contributed by atoms with E-state index in [0.29, 0.717) is 38.5 Å². The largest absolute Gasteiger partial charge is 0.480 e. The van der Waals surface area contributed by atoms with Crippen LogP contribution in [0.15, 0.2) is 0 Å². The summed E-state index contributed by atoms with van der Waals surface area (Å²) < 4.78 is 5.05. The predicted octanol–water partition coefficient (Wildman–Crippen LogP) is 1.02. The molecule has 0 aromatic carbocycles. The summed E-state index contributed by atoms with van der Waals surface area (Å²) in [5.41, 5.74) is 0. The molecule has 0 rings (SSSR count). The van der Waals surface area contributed by atoms with Gasteiger partial charge in [0.1, 0.15) is 6.10 Å². The Morgan fingerprint density at radius 1 is 0.900 bits per heavy atom. The lowest BCUT2D eigenvalue weighted by Gasteiger charge is -2.21. The maximum absolute atomic E-state index is 11.9. The summed E-state index contributed by atoms with van der Waals surface area (Å²) in [5.74, 6) is -2.56. The van der Waals surface area contributed by atoms with Gasteiger partial charge in [-0.15, -0.1) is 20.2 Å². The Morgan fingerprint density at radius 2 is 1.40 bits per heavy atom. The fourth-order valence-corrected chi connectivity index (χ4v) is 2.35. The van der Waals surface area contributed by atoms with E-state index in [9.17, 15) is 39.7 Å². The van der Waals surface area contributed by atoms with E-state index in [2.05, 4.69) is 15.0 Å². The van der Waals surface area contributed by atoms with Gasteiger partial charge in [0.15, 0.2) is 6.04 Å². The van der Waals surface area contributed by atoms with Crippen molar-refractivity contribution in [3.05, 3.63) is 20.2 Å². The van der Waals surface area contributed by atoms with Gasteiger partial charge in [-0.05, 0) is 32.6 Å². The van der Waals surface area contributed by atoms with Gasteiger partial charge in [0.05, 0.1) is 13.2 Å². The number of carbonyl (C=O) groups is 3. The molecule has 2 unspecified atom stereocenters. The summed E-state index contributed by atoms with van der Waals surface area (Å²) in [6.07, 6.45) is 1.40. The Morgan fingerprint density at radius 3 is 1.87 bits per heavy atom. The molecule has 0 spiro atoms. The number of hydrogen-bond donors (Lipinski definition) is 2. The highest BCUT2D eigenvalue weighted by molar-refractivity contribution is 5.84. The first kappa shape index (κ1) is 26.8. The fourth-order valence-electron chi connectivity index (χ4n) is 2.35. The molecule has 2 atom stereocenters. The van der Waals surface area contributed by atoms with Crippen LogP contribution in [0, 0.1) is 20.2 Å². The van der Waals surface area contributed by atoms with E-state index >= 15 is 0 Å². The first-order valence-corrected chi connectivity index (χ1v) is 9.39. The van der Waals surface area contributed by atoms with Gasteiger partial charge in [0.25, 0.3) is 10.2 Å². The first-order chi connectivity index (χ1) is 14.1. The molecule has 0 aliphatic heterocycles. The van der Waals surface area contributed by atoms with Gasteiger partial charge in [-0.1, -0.05) is 12.8 Å². The number of esters is 1. The van der Waals surface area contributed by atoms with Crippen molar-refractivity contribution in [1.29, 1.82) is 0 Å². The van der Waals surface area contributed by atoms with Gasteiger partial charge < -0.3 is 24.8 Å². The van der Waals surface area contributed by atoms with Gasteiger partial charge in [-0.25, -0.2) is 4.79 Å². The van der Waals surface area contributed by atoms with E-state index in [1.807, 2.05) is 0 Å². The number of unbranched alkanes of at least 4 members (excludes halogenated alkanes) is 4. The van der Waals surface area contributed by atoms with Crippen molar-refractivity contribution in [2.24, 2.45) is 0 Å². The molecule has 0 aromatic rings.